The van der Waals surface area contributed by atoms with Gasteiger partial charge in [0.25, 0.3) is 0 Å². The molecule has 5 aromatic carbocycles. The number of ether oxygens (including phenoxy) is 2. The number of unbranched alkanes of at least 4 members (excludes halogenated alkanes) is 2. The van der Waals surface area contributed by atoms with E-state index >= 15 is 0 Å². The van der Waals surface area contributed by atoms with E-state index in [1.54, 1.807) is 61.0 Å². The SMILES string of the molecule is CCCCSc1ccc(N=Cc2ccc(C(=O)Oc3cc(OC(=O)c4ccc(C=Nc5ccc(SCCCC)cc5)cc4)c(Cl)cc3Cl)cc2)cc1. The highest BCUT2D eigenvalue weighted by atomic mass is 35.5. The molecule has 6 nitrogen and oxygen atoms in total. The molecule has 0 saturated heterocycles. The lowest BCUT2D eigenvalue weighted by Crippen LogP contribution is -2.11. The van der Waals surface area contributed by atoms with Gasteiger partial charge in [-0.2, -0.15) is 0 Å². The molecule has 266 valence electrons. The number of esters is 2. The van der Waals surface area contributed by atoms with E-state index in [2.05, 4.69) is 48.1 Å². The van der Waals surface area contributed by atoms with Crippen LogP contribution in [-0.4, -0.2) is 35.9 Å². The highest BCUT2D eigenvalue weighted by Crippen LogP contribution is 2.37. The van der Waals surface area contributed by atoms with E-state index in [4.69, 9.17) is 32.7 Å². The van der Waals surface area contributed by atoms with E-state index in [1.807, 2.05) is 47.8 Å². The number of halogens is 2. The van der Waals surface area contributed by atoms with E-state index in [0.29, 0.717) is 11.1 Å². The number of aliphatic imine (C=N–C) groups is 2. The molecule has 0 N–H and O–H groups in total. The minimum atomic E-state index is -0.639. The summed E-state index contributed by atoms with van der Waals surface area (Å²) in [6, 6.07) is 32.6. The minimum absolute atomic E-state index is 0.0000414. The summed E-state index contributed by atoms with van der Waals surface area (Å²) in [5, 5.41) is 0.176. The summed E-state index contributed by atoms with van der Waals surface area (Å²) in [5.74, 6) is 0.934. The molecule has 0 aliphatic rings. The van der Waals surface area contributed by atoms with Crippen LogP contribution in [-0.2, 0) is 0 Å². The van der Waals surface area contributed by atoms with Crippen molar-refractivity contribution in [3.63, 3.8) is 0 Å². The van der Waals surface area contributed by atoms with Crippen molar-refractivity contribution in [1.29, 1.82) is 0 Å². The second kappa shape index (κ2) is 20.0. The summed E-state index contributed by atoms with van der Waals surface area (Å²) in [5.41, 5.74) is 3.92. The summed E-state index contributed by atoms with van der Waals surface area (Å²) < 4.78 is 11.1. The molecular weight excluding hydrogens is 732 g/mol. The van der Waals surface area contributed by atoms with Crippen molar-refractivity contribution in [1.82, 2.24) is 0 Å². The molecule has 0 unspecified atom stereocenters. The molecule has 10 heteroatoms. The zero-order valence-corrected chi connectivity index (χ0v) is 32.0. The highest BCUT2D eigenvalue weighted by Gasteiger charge is 2.18. The molecule has 0 amide bonds. The Morgan fingerprint density at radius 2 is 0.962 bits per heavy atom. The van der Waals surface area contributed by atoms with Gasteiger partial charge in [-0.25, -0.2) is 9.59 Å². The van der Waals surface area contributed by atoms with Crippen LogP contribution >= 0.6 is 46.7 Å². The van der Waals surface area contributed by atoms with Crippen molar-refractivity contribution >= 4 is 82.5 Å². The Labute approximate surface area is 323 Å². The second-order valence-corrected chi connectivity index (χ2v) is 14.8. The first-order chi connectivity index (χ1) is 25.3. The van der Waals surface area contributed by atoms with Gasteiger partial charge in [0.2, 0.25) is 0 Å². The first-order valence-corrected chi connectivity index (χ1v) is 19.7. The van der Waals surface area contributed by atoms with Gasteiger partial charge < -0.3 is 9.47 Å². The third-order valence-electron chi connectivity index (χ3n) is 7.62. The molecule has 0 bridgehead atoms. The standard InChI is InChI=1S/C42H38Cl2N2O4S2/c1-3-5-23-51-35-19-15-33(16-20-35)45-27-29-7-11-31(12-8-29)41(47)49-39-26-40(38(44)25-37(39)43)50-42(48)32-13-9-30(10-14-32)28-46-34-17-21-36(22-18-34)52-24-6-4-2/h7-22,25-28H,3-6,23-24H2,1-2H3. The zero-order chi connectivity index (χ0) is 36.7. The molecule has 0 spiro atoms. The fraction of sp³-hybridized carbons (Fsp3) is 0.190. The van der Waals surface area contributed by atoms with Crippen LogP contribution in [0.1, 0.15) is 71.4 Å². The molecule has 52 heavy (non-hydrogen) atoms. The van der Waals surface area contributed by atoms with Crippen LogP contribution in [0.4, 0.5) is 11.4 Å². The number of carbonyl (C=O) groups excluding carboxylic acids is 2. The van der Waals surface area contributed by atoms with Crippen molar-refractivity contribution in [3.05, 3.63) is 141 Å². The van der Waals surface area contributed by atoms with Crippen molar-refractivity contribution in [2.75, 3.05) is 11.5 Å². The van der Waals surface area contributed by atoms with Crippen LogP contribution in [0.2, 0.25) is 10.0 Å². The van der Waals surface area contributed by atoms with E-state index in [0.717, 1.165) is 34.0 Å². The van der Waals surface area contributed by atoms with Crippen molar-refractivity contribution < 1.29 is 19.1 Å². The van der Waals surface area contributed by atoms with Crippen LogP contribution in [0.25, 0.3) is 0 Å². The smallest absolute Gasteiger partial charge is 0.343 e. The van der Waals surface area contributed by atoms with Gasteiger partial charge in [0.15, 0.2) is 11.5 Å². The number of rotatable bonds is 16. The number of benzene rings is 5. The predicted molar refractivity (Wildman–Crippen MR) is 218 cm³/mol. The molecular formula is C42H38Cl2N2O4S2. The number of carbonyl (C=O) groups is 2. The van der Waals surface area contributed by atoms with Crippen LogP contribution in [0.5, 0.6) is 11.5 Å². The largest absolute Gasteiger partial charge is 0.421 e. The van der Waals surface area contributed by atoms with E-state index in [1.165, 1.54) is 47.6 Å². The third-order valence-corrected chi connectivity index (χ3v) is 10.4. The molecule has 0 aliphatic heterocycles. The monoisotopic (exact) mass is 768 g/mol. The molecule has 0 fully saturated rings. The van der Waals surface area contributed by atoms with Gasteiger partial charge in [0.05, 0.1) is 32.5 Å². The lowest BCUT2D eigenvalue weighted by molar-refractivity contribution is 0.0733. The Morgan fingerprint density at radius 1 is 0.577 bits per heavy atom. The van der Waals surface area contributed by atoms with Crippen molar-refractivity contribution in [2.45, 2.75) is 49.3 Å². The Morgan fingerprint density at radius 3 is 1.33 bits per heavy atom. The van der Waals surface area contributed by atoms with Gasteiger partial charge in [-0.1, -0.05) is 74.2 Å². The van der Waals surface area contributed by atoms with Crippen LogP contribution < -0.4 is 9.47 Å². The topological polar surface area (TPSA) is 77.3 Å². The average molecular weight is 770 g/mol. The molecule has 5 aromatic rings. The van der Waals surface area contributed by atoms with Crippen molar-refractivity contribution in [2.24, 2.45) is 9.98 Å². The second-order valence-electron chi connectivity index (χ2n) is 11.6. The highest BCUT2D eigenvalue weighted by molar-refractivity contribution is 7.99. The Kier molecular flexibility index (Phi) is 15.0. The van der Waals surface area contributed by atoms with Gasteiger partial charge in [0.1, 0.15) is 0 Å². The number of hydrogen-bond acceptors (Lipinski definition) is 8. The lowest BCUT2D eigenvalue weighted by Gasteiger charge is -2.11. The van der Waals surface area contributed by atoms with Crippen molar-refractivity contribution in [3.8, 4) is 11.5 Å². The van der Waals surface area contributed by atoms with E-state index < -0.39 is 11.9 Å². The molecule has 0 atom stereocenters. The predicted octanol–water partition coefficient (Wildman–Crippen LogP) is 12.7. The Bertz CT molecular complexity index is 1860. The molecule has 0 aliphatic carbocycles. The third kappa shape index (κ3) is 11.9. The molecule has 0 aromatic heterocycles. The minimum Gasteiger partial charge on any atom is -0.421 e. The number of hydrogen-bond donors (Lipinski definition) is 0. The van der Waals surface area contributed by atoms with Crippen LogP contribution in [0, 0.1) is 0 Å². The summed E-state index contributed by atoms with van der Waals surface area (Å²) in [7, 11) is 0. The summed E-state index contributed by atoms with van der Waals surface area (Å²) in [6.07, 6.45) is 8.23. The first kappa shape index (κ1) is 38.9. The zero-order valence-electron chi connectivity index (χ0n) is 28.9. The maximum Gasteiger partial charge on any atom is 0.343 e. The summed E-state index contributed by atoms with van der Waals surface area (Å²) in [4.78, 5) is 37.5. The van der Waals surface area contributed by atoms with E-state index in [-0.39, 0.29) is 21.5 Å². The Hall–Kier alpha value is -4.34. The van der Waals surface area contributed by atoms with Gasteiger partial charge in [-0.3, -0.25) is 9.98 Å². The van der Waals surface area contributed by atoms with Gasteiger partial charge in [-0.15, -0.1) is 23.5 Å². The van der Waals surface area contributed by atoms with Crippen LogP contribution in [0.3, 0.4) is 0 Å². The molecule has 0 radical (unpaired) electrons. The molecule has 0 saturated carbocycles. The lowest BCUT2D eigenvalue weighted by atomic mass is 10.1. The van der Waals surface area contributed by atoms with Gasteiger partial charge >= 0.3 is 11.9 Å². The maximum absolute atomic E-state index is 13.0. The number of thioether (sulfide) groups is 2. The normalized spacial score (nSPS) is 11.3. The molecule has 5 rings (SSSR count). The van der Waals surface area contributed by atoms with Gasteiger partial charge in [0, 0.05) is 28.3 Å². The summed E-state index contributed by atoms with van der Waals surface area (Å²) in [6.45, 7) is 4.38. The average Bonchev–Trinajstić information content (AvgIpc) is 3.16. The van der Waals surface area contributed by atoms with Gasteiger partial charge in [-0.05, 0) is 114 Å². The first-order valence-electron chi connectivity index (χ1n) is 17.0. The Balaban J connectivity index is 1.15. The van der Waals surface area contributed by atoms with E-state index in [9.17, 15) is 9.59 Å². The number of nitrogens with zero attached hydrogens (tertiary/aromatic N) is 2. The quantitative estimate of drug-likeness (QED) is 0.0327. The fourth-order valence-corrected chi connectivity index (χ4v) is 7.07. The maximum atomic E-state index is 13.0. The fourth-order valence-electron chi connectivity index (χ4n) is 4.62. The van der Waals surface area contributed by atoms with Crippen LogP contribution in [0.15, 0.2) is 129 Å². The summed E-state index contributed by atoms with van der Waals surface area (Å²) >= 11 is 16.4. The molecule has 0 heterocycles.